The highest BCUT2D eigenvalue weighted by Gasteiger charge is 2.15. The monoisotopic (exact) mass is 181 g/mol. The molecule has 0 aliphatic carbocycles. The van der Waals surface area contributed by atoms with Crippen LogP contribution in [0.1, 0.15) is 34.1 Å². The van der Waals surface area contributed by atoms with Gasteiger partial charge >= 0.3 is 5.97 Å². The summed E-state index contributed by atoms with van der Waals surface area (Å²) in [6, 6.07) is 1.87. The average Bonchev–Trinajstić information content (AvgIpc) is 1.81. The minimum Gasteiger partial charge on any atom is -0.460 e. The number of hydrogen-bond acceptors (Lipinski definition) is 3. The Balaban J connectivity index is 4.05. The van der Waals surface area contributed by atoms with Crippen molar-refractivity contribution in [2.75, 3.05) is 0 Å². The number of carbonyl (C=O) groups excluding carboxylic acids is 1. The predicted octanol–water partition coefficient (Wildman–Crippen LogP) is 2.19. The molecule has 13 heavy (non-hydrogen) atoms. The molecule has 0 aromatic carbocycles. The second-order valence-electron chi connectivity index (χ2n) is 3.88. The van der Waals surface area contributed by atoms with Gasteiger partial charge < -0.3 is 4.74 Å². The Morgan fingerprint density at radius 3 is 2.46 bits per heavy atom. The Bertz CT molecular complexity index is 253. The summed E-state index contributed by atoms with van der Waals surface area (Å²) in [5, 5.41) is 8.30. The van der Waals surface area contributed by atoms with Crippen molar-refractivity contribution in [1.29, 1.82) is 5.26 Å². The van der Waals surface area contributed by atoms with Gasteiger partial charge in [-0.3, -0.25) is 4.79 Å². The highest BCUT2D eigenvalue weighted by Crippen LogP contribution is 2.10. The number of nitriles is 1. The average molecular weight is 181 g/mol. The molecule has 0 heterocycles. The lowest BCUT2D eigenvalue weighted by molar-refractivity contribution is -0.153. The molecule has 0 aliphatic rings. The van der Waals surface area contributed by atoms with Crippen LogP contribution in [0.2, 0.25) is 0 Å². The summed E-state index contributed by atoms with van der Waals surface area (Å²) < 4.78 is 5.07. The first-order valence-corrected chi connectivity index (χ1v) is 4.12. The van der Waals surface area contributed by atoms with Crippen molar-refractivity contribution in [2.24, 2.45) is 0 Å². The lowest BCUT2D eigenvalue weighted by atomic mass is 10.1. The standard InChI is InChI=1S/C10H15NO2/c1-8(5-6-11)7-9(12)13-10(2,3)4/h5H,7H2,1-4H3/b8-5-. The molecule has 72 valence electrons. The van der Waals surface area contributed by atoms with Crippen LogP contribution >= 0.6 is 0 Å². The third kappa shape index (κ3) is 7.07. The number of ether oxygens (including phenoxy) is 1. The Hall–Kier alpha value is -1.30. The Kier molecular flexibility index (Phi) is 4.19. The summed E-state index contributed by atoms with van der Waals surface area (Å²) in [7, 11) is 0. The molecule has 0 unspecified atom stereocenters. The summed E-state index contributed by atoms with van der Waals surface area (Å²) in [5.41, 5.74) is 0.265. The van der Waals surface area contributed by atoms with E-state index >= 15 is 0 Å². The van der Waals surface area contributed by atoms with E-state index in [1.54, 1.807) is 6.92 Å². The highest BCUT2D eigenvalue weighted by atomic mass is 16.6. The van der Waals surface area contributed by atoms with Crippen LogP contribution in [0.15, 0.2) is 11.6 Å². The second kappa shape index (κ2) is 4.66. The largest absolute Gasteiger partial charge is 0.460 e. The first-order valence-electron chi connectivity index (χ1n) is 4.12. The predicted molar refractivity (Wildman–Crippen MR) is 49.8 cm³/mol. The first kappa shape index (κ1) is 11.7. The molecule has 0 saturated carbocycles. The zero-order valence-electron chi connectivity index (χ0n) is 8.55. The lowest BCUT2D eigenvalue weighted by Gasteiger charge is -2.19. The van der Waals surface area contributed by atoms with Crippen molar-refractivity contribution in [2.45, 2.75) is 39.7 Å². The van der Waals surface area contributed by atoms with Gasteiger partial charge in [-0.05, 0) is 27.7 Å². The van der Waals surface area contributed by atoms with Crippen LogP contribution in [0.25, 0.3) is 0 Å². The van der Waals surface area contributed by atoms with Crippen molar-refractivity contribution >= 4 is 5.97 Å². The fraction of sp³-hybridized carbons (Fsp3) is 0.600. The molecule has 0 rings (SSSR count). The molecule has 0 spiro atoms. The van der Waals surface area contributed by atoms with Crippen LogP contribution < -0.4 is 0 Å². The fourth-order valence-electron chi connectivity index (χ4n) is 0.766. The number of nitrogens with zero attached hydrogens (tertiary/aromatic N) is 1. The SMILES string of the molecule is C/C(=C/C#N)CC(=O)OC(C)(C)C. The van der Waals surface area contributed by atoms with E-state index in [0.717, 1.165) is 5.57 Å². The zero-order chi connectivity index (χ0) is 10.5. The van der Waals surface area contributed by atoms with Crippen molar-refractivity contribution in [1.82, 2.24) is 0 Å². The highest BCUT2D eigenvalue weighted by molar-refractivity contribution is 5.72. The minimum atomic E-state index is -0.454. The molecule has 0 N–H and O–H groups in total. The molecule has 0 bridgehead atoms. The first-order chi connectivity index (χ1) is 5.85. The van der Waals surface area contributed by atoms with Gasteiger partial charge in [-0.25, -0.2) is 0 Å². The molecule has 0 radical (unpaired) electrons. The third-order valence-corrected chi connectivity index (χ3v) is 1.15. The van der Waals surface area contributed by atoms with E-state index in [0.29, 0.717) is 0 Å². The van der Waals surface area contributed by atoms with Crippen LogP contribution in [-0.4, -0.2) is 11.6 Å². The van der Waals surface area contributed by atoms with Gasteiger partial charge in [0.15, 0.2) is 0 Å². The van der Waals surface area contributed by atoms with E-state index in [1.807, 2.05) is 26.8 Å². The number of allylic oxidation sites excluding steroid dienone is 1. The molecule has 0 aliphatic heterocycles. The van der Waals surface area contributed by atoms with Gasteiger partial charge in [0.1, 0.15) is 5.60 Å². The van der Waals surface area contributed by atoms with Gasteiger partial charge in [-0.1, -0.05) is 5.57 Å². The van der Waals surface area contributed by atoms with Crippen LogP contribution in [0, 0.1) is 11.3 Å². The van der Waals surface area contributed by atoms with E-state index in [4.69, 9.17) is 10.00 Å². The minimum absolute atomic E-state index is 0.185. The van der Waals surface area contributed by atoms with Crippen LogP contribution in [-0.2, 0) is 9.53 Å². The van der Waals surface area contributed by atoms with Crippen LogP contribution in [0.5, 0.6) is 0 Å². The Morgan fingerprint density at radius 1 is 1.54 bits per heavy atom. The third-order valence-electron chi connectivity index (χ3n) is 1.15. The van der Waals surface area contributed by atoms with Crippen molar-refractivity contribution in [3.63, 3.8) is 0 Å². The van der Waals surface area contributed by atoms with Crippen LogP contribution in [0.3, 0.4) is 0 Å². The molecule has 3 heteroatoms. The lowest BCUT2D eigenvalue weighted by Crippen LogP contribution is -2.23. The summed E-state index contributed by atoms with van der Waals surface area (Å²) in [4.78, 5) is 11.2. The Labute approximate surface area is 79.0 Å². The number of hydrogen-bond donors (Lipinski definition) is 0. The number of esters is 1. The summed E-state index contributed by atoms with van der Waals surface area (Å²) >= 11 is 0. The van der Waals surface area contributed by atoms with Gasteiger partial charge in [-0.2, -0.15) is 5.26 Å². The molecular formula is C10H15NO2. The normalized spacial score (nSPS) is 12.1. The van der Waals surface area contributed by atoms with Crippen LogP contribution in [0.4, 0.5) is 0 Å². The van der Waals surface area contributed by atoms with Crippen molar-refractivity contribution < 1.29 is 9.53 Å². The van der Waals surface area contributed by atoms with E-state index in [-0.39, 0.29) is 12.4 Å². The van der Waals surface area contributed by atoms with E-state index in [1.165, 1.54) is 6.08 Å². The molecular weight excluding hydrogens is 166 g/mol. The summed E-state index contributed by atoms with van der Waals surface area (Å²) in [5.74, 6) is -0.295. The van der Waals surface area contributed by atoms with Gasteiger partial charge in [0.2, 0.25) is 0 Å². The van der Waals surface area contributed by atoms with Gasteiger partial charge in [0, 0.05) is 6.08 Å². The van der Waals surface area contributed by atoms with Gasteiger partial charge in [0.25, 0.3) is 0 Å². The summed E-state index contributed by atoms with van der Waals surface area (Å²) in [6.07, 6.45) is 1.54. The molecule has 0 fully saturated rings. The summed E-state index contributed by atoms with van der Waals surface area (Å²) in [6.45, 7) is 7.17. The van der Waals surface area contributed by atoms with E-state index in [9.17, 15) is 4.79 Å². The van der Waals surface area contributed by atoms with E-state index in [2.05, 4.69) is 0 Å². The topological polar surface area (TPSA) is 50.1 Å². The zero-order valence-corrected chi connectivity index (χ0v) is 8.55. The fourth-order valence-corrected chi connectivity index (χ4v) is 0.766. The second-order valence-corrected chi connectivity index (χ2v) is 3.88. The van der Waals surface area contributed by atoms with E-state index < -0.39 is 5.60 Å². The molecule has 0 aromatic rings. The van der Waals surface area contributed by atoms with Gasteiger partial charge in [0.05, 0.1) is 12.5 Å². The maximum Gasteiger partial charge on any atom is 0.310 e. The molecule has 0 aromatic heterocycles. The quantitative estimate of drug-likeness (QED) is 0.484. The molecule has 3 nitrogen and oxygen atoms in total. The number of carbonyl (C=O) groups is 1. The van der Waals surface area contributed by atoms with Crippen molar-refractivity contribution in [3.8, 4) is 6.07 Å². The van der Waals surface area contributed by atoms with Crippen molar-refractivity contribution in [3.05, 3.63) is 11.6 Å². The molecule has 0 atom stereocenters. The maximum atomic E-state index is 11.2. The molecule has 0 amide bonds. The Morgan fingerprint density at radius 2 is 2.08 bits per heavy atom. The van der Waals surface area contributed by atoms with Gasteiger partial charge in [-0.15, -0.1) is 0 Å². The smallest absolute Gasteiger partial charge is 0.310 e. The maximum absolute atomic E-state index is 11.2. The number of rotatable bonds is 2. The molecule has 0 saturated heterocycles.